The van der Waals surface area contributed by atoms with Crippen LogP contribution in [0, 0.1) is 11.8 Å². The predicted octanol–water partition coefficient (Wildman–Crippen LogP) is 0.395. The van der Waals surface area contributed by atoms with E-state index in [-0.39, 0.29) is 31.4 Å². The van der Waals surface area contributed by atoms with Gasteiger partial charge in [-0.15, -0.1) is 0 Å². The topological polar surface area (TPSA) is 83.9 Å². The first-order valence-corrected chi connectivity index (χ1v) is 7.77. The molecule has 1 saturated heterocycles. The van der Waals surface area contributed by atoms with Crippen molar-refractivity contribution in [3.63, 3.8) is 0 Å². The molecule has 0 aromatic heterocycles. The molecule has 1 aliphatic rings. The second-order valence-corrected chi connectivity index (χ2v) is 6.67. The largest absolute Gasteiger partial charge is 0.481 e. The summed E-state index contributed by atoms with van der Waals surface area (Å²) in [7, 11) is -3.32. The van der Waals surface area contributed by atoms with Crippen LogP contribution in [-0.4, -0.2) is 55.9 Å². The van der Waals surface area contributed by atoms with Gasteiger partial charge < -0.3 is 9.84 Å². The smallest absolute Gasteiger partial charge is 0.306 e. The molecule has 6 nitrogen and oxygen atoms in total. The Bertz CT molecular complexity index is 381. The summed E-state index contributed by atoms with van der Waals surface area (Å²) in [4.78, 5) is 10.9. The zero-order chi connectivity index (χ0) is 13.8. The van der Waals surface area contributed by atoms with E-state index < -0.39 is 21.9 Å². The molecule has 0 amide bonds. The average Bonchev–Trinajstić information content (AvgIpc) is 2.28. The average molecular weight is 279 g/mol. The standard InChI is InChI=1S/C11H21NO5S/c1-3-17-6-7-18(15,16)12-5-4-10(11(13)14)9(2)8-12/h9-10H,3-8H2,1-2H3,(H,13,14). The highest BCUT2D eigenvalue weighted by atomic mass is 32.2. The number of ether oxygens (including phenoxy) is 1. The molecule has 0 aromatic carbocycles. The highest BCUT2D eigenvalue weighted by molar-refractivity contribution is 7.89. The molecule has 0 bridgehead atoms. The van der Waals surface area contributed by atoms with Gasteiger partial charge in [0.15, 0.2) is 0 Å². The van der Waals surface area contributed by atoms with E-state index in [1.807, 2.05) is 6.92 Å². The van der Waals surface area contributed by atoms with Gasteiger partial charge >= 0.3 is 5.97 Å². The lowest BCUT2D eigenvalue weighted by molar-refractivity contribution is -0.144. The maximum atomic E-state index is 12.0. The molecule has 1 heterocycles. The summed E-state index contributed by atoms with van der Waals surface area (Å²) in [5.41, 5.74) is 0. The number of carbonyl (C=O) groups is 1. The quantitative estimate of drug-likeness (QED) is 0.711. The van der Waals surface area contributed by atoms with Crippen molar-refractivity contribution in [3.8, 4) is 0 Å². The van der Waals surface area contributed by atoms with Gasteiger partial charge in [0.2, 0.25) is 10.0 Å². The van der Waals surface area contributed by atoms with Crippen LogP contribution in [0.3, 0.4) is 0 Å². The minimum atomic E-state index is -3.32. The number of carboxylic acid groups (broad SMARTS) is 1. The van der Waals surface area contributed by atoms with Gasteiger partial charge in [0, 0.05) is 19.7 Å². The summed E-state index contributed by atoms with van der Waals surface area (Å²) in [6, 6.07) is 0. The Kier molecular flexibility index (Phi) is 5.55. The molecule has 18 heavy (non-hydrogen) atoms. The number of aliphatic carboxylic acids is 1. The summed E-state index contributed by atoms with van der Waals surface area (Å²) >= 11 is 0. The predicted molar refractivity (Wildman–Crippen MR) is 66.8 cm³/mol. The van der Waals surface area contributed by atoms with Crippen LogP contribution in [-0.2, 0) is 19.6 Å². The van der Waals surface area contributed by atoms with Gasteiger partial charge in [0.25, 0.3) is 0 Å². The Morgan fingerprint density at radius 3 is 2.67 bits per heavy atom. The number of carboxylic acids is 1. The van der Waals surface area contributed by atoms with Crippen LogP contribution in [0.25, 0.3) is 0 Å². The van der Waals surface area contributed by atoms with Crippen LogP contribution < -0.4 is 0 Å². The van der Waals surface area contributed by atoms with E-state index in [2.05, 4.69) is 0 Å². The molecule has 0 aliphatic carbocycles. The zero-order valence-corrected chi connectivity index (χ0v) is 11.6. The summed E-state index contributed by atoms with van der Waals surface area (Å²) < 4.78 is 30.4. The third kappa shape index (κ3) is 3.93. The van der Waals surface area contributed by atoms with E-state index in [9.17, 15) is 13.2 Å². The number of hydrogen-bond acceptors (Lipinski definition) is 4. The van der Waals surface area contributed by atoms with Crippen LogP contribution in [0.2, 0.25) is 0 Å². The van der Waals surface area contributed by atoms with Gasteiger partial charge in [0.1, 0.15) is 0 Å². The normalized spacial score (nSPS) is 26.1. The van der Waals surface area contributed by atoms with E-state index in [1.165, 1.54) is 4.31 Å². The Labute approximate surface area is 108 Å². The van der Waals surface area contributed by atoms with Crippen molar-refractivity contribution < 1.29 is 23.1 Å². The highest BCUT2D eigenvalue weighted by Gasteiger charge is 2.35. The van der Waals surface area contributed by atoms with Crippen molar-refractivity contribution in [3.05, 3.63) is 0 Å². The van der Waals surface area contributed by atoms with Gasteiger partial charge in [-0.2, -0.15) is 0 Å². The highest BCUT2D eigenvalue weighted by Crippen LogP contribution is 2.25. The van der Waals surface area contributed by atoms with Gasteiger partial charge in [-0.25, -0.2) is 12.7 Å². The van der Waals surface area contributed by atoms with Crippen LogP contribution in [0.4, 0.5) is 0 Å². The lowest BCUT2D eigenvalue weighted by atomic mass is 9.88. The molecule has 0 aromatic rings. The van der Waals surface area contributed by atoms with Crippen molar-refractivity contribution in [1.82, 2.24) is 4.31 Å². The van der Waals surface area contributed by atoms with Crippen LogP contribution >= 0.6 is 0 Å². The fraction of sp³-hybridized carbons (Fsp3) is 0.909. The van der Waals surface area contributed by atoms with Crippen LogP contribution in [0.15, 0.2) is 0 Å². The lowest BCUT2D eigenvalue weighted by Crippen LogP contribution is -2.46. The van der Waals surface area contributed by atoms with Gasteiger partial charge in [-0.1, -0.05) is 6.92 Å². The van der Waals surface area contributed by atoms with Crippen molar-refractivity contribution in [2.24, 2.45) is 11.8 Å². The zero-order valence-electron chi connectivity index (χ0n) is 10.8. The summed E-state index contributed by atoms with van der Waals surface area (Å²) in [5.74, 6) is -1.47. The van der Waals surface area contributed by atoms with Crippen molar-refractivity contribution in [2.45, 2.75) is 20.3 Å². The number of nitrogens with zero attached hydrogens (tertiary/aromatic N) is 1. The molecule has 0 radical (unpaired) electrons. The van der Waals surface area contributed by atoms with E-state index in [1.54, 1.807) is 6.92 Å². The van der Waals surface area contributed by atoms with E-state index >= 15 is 0 Å². The van der Waals surface area contributed by atoms with Crippen molar-refractivity contribution >= 4 is 16.0 Å². The van der Waals surface area contributed by atoms with E-state index in [4.69, 9.17) is 9.84 Å². The molecule has 0 saturated carbocycles. The third-order valence-electron chi connectivity index (χ3n) is 3.27. The second-order valence-electron chi connectivity index (χ2n) is 4.58. The molecule has 2 unspecified atom stereocenters. The Balaban J connectivity index is 2.57. The Morgan fingerprint density at radius 1 is 1.50 bits per heavy atom. The van der Waals surface area contributed by atoms with E-state index in [0.29, 0.717) is 13.0 Å². The molecule has 1 N–H and O–H groups in total. The lowest BCUT2D eigenvalue weighted by Gasteiger charge is -2.34. The number of hydrogen-bond donors (Lipinski definition) is 1. The number of sulfonamides is 1. The maximum absolute atomic E-state index is 12.0. The van der Waals surface area contributed by atoms with Crippen molar-refractivity contribution in [1.29, 1.82) is 0 Å². The second kappa shape index (κ2) is 6.49. The first-order chi connectivity index (χ1) is 8.38. The van der Waals surface area contributed by atoms with Crippen LogP contribution in [0.1, 0.15) is 20.3 Å². The molecule has 0 spiro atoms. The fourth-order valence-corrected chi connectivity index (χ4v) is 3.60. The molecular weight excluding hydrogens is 258 g/mol. The Hall–Kier alpha value is -0.660. The fourth-order valence-electron chi connectivity index (χ4n) is 2.16. The Morgan fingerprint density at radius 2 is 2.17 bits per heavy atom. The molecule has 2 atom stereocenters. The monoisotopic (exact) mass is 279 g/mol. The van der Waals surface area contributed by atoms with Gasteiger partial charge in [-0.3, -0.25) is 4.79 Å². The van der Waals surface area contributed by atoms with Gasteiger partial charge in [0.05, 0.1) is 18.3 Å². The molecule has 1 aliphatic heterocycles. The number of rotatable bonds is 6. The first kappa shape index (κ1) is 15.4. The summed E-state index contributed by atoms with van der Waals surface area (Å²) in [6.45, 7) is 4.84. The minimum absolute atomic E-state index is 0.0364. The van der Waals surface area contributed by atoms with Crippen molar-refractivity contribution in [2.75, 3.05) is 32.1 Å². The molecule has 7 heteroatoms. The maximum Gasteiger partial charge on any atom is 0.306 e. The number of piperidine rings is 1. The molecule has 106 valence electrons. The minimum Gasteiger partial charge on any atom is -0.481 e. The first-order valence-electron chi connectivity index (χ1n) is 6.17. The summed E-state index contributed by atoms with van der Waals surface area (Å²) in [5, 5.41) is 8.98. The van der Waals surface area contributed by atoms with E-state index in [0.717, 1.165) is 0 Å². The van der Waals surface area contributed by atoms with Gasteiger partial charge in [-0.05, 0) is 19.3 Å². The third-order valence-corrected chi connectivity index (χ3v) is 5.07. The molecular formula is C11H21NO5S. The summed E-state index contributed by atoms with van der Waals surface area (Å²) in [6.07, 6.45) is 0.379. The molecule has 1 fully saturated rings. The van der Waals surface area contributed by atoms with Crippen LogP contribution in [0.5, 0.6) is 0 Å². The molecule has 1 rings (SSSR count). The SMILES string of the molecule is CCOCCS(=O)(=O)N1CCC(C(=O)O)C(C)C1.